The van der Waals surface area contributed by atoms with Gasteiger partial charge in [-0.15, -0.1) is 11.3 Å². The number of thiazole rings is 1. The van der Waals surface area contributed by atoms with E-state index in [4.69, 9.17) is 0 Å². The summed E-state index contributed by atoms with van der Waals surface area (Å²) < 4.78 is 0. The Labute approximate surface area is 156 Å². The molecule has 3 rings (SSSR count). The van der Waals surface area contributed by atoms with Gasteiger partial charge in [-0.3, -0.25) is 9.69 Å². The average molecular weight is 378 g/mol. The van der Waals surface area contributed by atoms with Gasteiger partial charge in [0.05, 0.1) is 16.5 Å². The monoisotopic (exact) mass is 377 g/mol. The smallest absolute Gasteiger partial charge is 0.233 e. The van der Waals surface area contributed by atoms with Crippen LogP contribution >= 0.6 is 23.1 Å². The summed E-state index contributed by atoms with van der Waals surface area (Å²) in [6.07, 6.45) is 0. The van der Waals surface area contributed by atoms with Crippen molar-refractivity contribution in [1.82, 2.24) is 24.8 Å². The molecule has 134 valence electrons. The first kappa shape index (κ1) is 18.3. The maximum Gasteiger partial charge on any atom is 0.233 e. The number of hydrogen-bond donors (Lipinski definition) is 0. The Morgan fingerprint density at radius 3 is 2.40 bits per heavy atom. The summed E-state index contributed by atoms with van der Waals surface area (Å²) in [5.41, 5.74) is 3.01. The molecule has 1 amide bonds. The van der Waals surface area contributed by atoms with Crippen LogP contribution in [0.4, 0.5) is 0 Å². The van der Waals surface area contributed by atoms with Crippen LogP contribution in [0.3, 0.4) is 0 Å². The van der Waals surface area contributed by atoms with Crippen molar-refractivity contribution in [3.8, 4) is 0 Å². The van der Waals surface area contributed by atoms with Crippen LogP contribution in [0.1, 0.15) is 22.1 Å². The number of amides is 1. The molecule has 1 aliphatic rings. The van der Waals surface area contributed by atoms with E-state index in [1.54, 1.807) is 11.3 Å². The van der Waals surface area contributed by atoms with Crippen LogP contribution in [-0.4, -0.2) is 62.6 Å². The molecule has 1 fully saturated rings. The number of hydrogen-bond acceptors (Lipinski definition) is 7. The first-order chi connectivity index (χ1) is 12.0. The minimum absolute atomic E-state index is 0.164. The zero-order chi connectivity index (χ0) is 17.8. The molecule has 6 nitrogen and oxygen atoms in total. The topological polar surface area (TPSA) is 62.2 Å². The summed E-state index contributed by atoms with van der Waals surface area (Å²) >= 11 is 3.11. The zero-order valence-corrected chi connectivity index (χ0v) is 16.5. The number of aryl methyl sites for hydroxylation is 3. The fourth-order valence-corrected chi connectivity index (χ4v) is 4.30. The first-order valence-corrected chi connectivity index (χ1v) is 10.2. The van der Waals surface area contributed by atoms with Crippen molar-refractivity contribution in [2.24, 2.45) is 0 Å². The molecule has 0 N–H and O–H groups in total. The van der Waals surface area contributed by atoms with Crippen molar-refractivity contribution in [2.75, 3.05) is 31.9 Å². The van der Waals surface area contributed by atoms with Crippen molar-refractivity contribution in [3.05, 3.63) is 33.5 Å². The molecule has 8 heteroatoms. The van der Waals surface area contributed by atoms with E-state index >= 15 is 0 Å². The Bertz CT molecular complexity index is 720. The lowest BCUT2D eigenvalue weighted by Gasteiger charge is -2.34. The molecule has 0 aliphatic carbocycles. The summed E-state index contributed by atoms with van der Waals surface area (Å²) in [4.78, 5) is 30.0. The average Bonchev–Trinajstić information content (AvgIpc) is 2.97. The second-order valence-corrected chi connectivity index (χ2v) is 8.24. The van der Waals surface area contributed by atoms with Gasteiger partial charge >= 0.3 is 0 Å². The van der Waals surface area contributed by atoms with Crippen LogP contribution in [0.15, 0.2) is 16.6 Å². The summed E-state index contributed by atoms with van der Waals surface area (Å²) in [6, 6.07) is 1.94. The van der Waals surface area contributed by atoms with Crippen molar-refractivity contribution in [3.63, 3.8) is 0 Å². The lowest BCUT2D eigenvalue weighted by atomic mass is 10.3. The van der Waals surface area contributed by atoms with Crippen LogP contribution in [0.5, 0.6) is 0 Å². The van der Waals surface area contributed by atoms with E-state index < -0.39 is 0 Å². The number of nitrogens with zero attached hydrogens (tertiary/aromatic N) is 5. The Balaban J connectivity index is 1.45. The molecular weight excluding hydrogens is 354 g/mol. The molecule has 0 spiro atoms. The number of piperazine rings is 1. The molecule has 3 heterocycles. The number of aromatic nitrogens is 3. The fourth-order valence-electron chi connectivity index (χ4n) is 2.84. The Morgan fingerprint density at radius 2 is 1.80 bits per heavy atom. The molecule has 1 saturated heterocycles. The number of carbonyl (C=O) groups is 1. The van der Waals surface area contributed by atoms with Crippen molar-refractivity contribution in [2.45, 2.75) is 32.5 Å². The van der Waals surface area contributed by atoms with E-state index in [2.05, 4.69) is 25.2 Å². The van der Waals surface area contributed by atoms with E-state index in [1.807, 2.05) is 31.7 Å². The Hall–Kier alpha value is -1.51. The van der Waals surface area contributed by atoms with E-state index in [1.165, 1.54) is 11.8 Å². The van der Waals surface area contributed by atoms with E-state index in [-0.39, 0.29) is 5.91 Å². The van der Waals surface area contributed by atoms with E-state index in [9.17, 15) is 4.79 Å². The quantitative estimate of drug-likeness (QED) is 0.589. The van der Waals surface area contributed by atoms with Crippen LogP contribution in [0.2, 0.25) is 0 Å². The second kappa shape index (κ2) is 8.25. The lowest BCUT2D eigenvalue weighted by molar-refractivity contribution is -0.130. The third kappa shape index (κ3) is 5.23. The third-order valence-corrected chi connectivity index (χ3v) is 5.72. The molecule has 25 heavy (non-hydrogen) atoms. The predicted molar refractivity (Wildman–Crippen MR) is 101 cm³/mol. The summed E-state index contributed by atoms with van der Waals surface area (Å²) in [7, 11) is 0. The van der Waals surface area contributed by atoms with Crippen LogP contribution in [0.25, 0.3) is 0 Å². The molecule has 1 aliphatic heterocycles. The highest BCUT2D eigenvalue weighted by atomic mass is 32.2. The SMILES string of the molecule is Cc1cc(C)nc(SCC(=O)N2CCN(Cc3csc(C)n3)CC2)n1. The normalized spacial score (nSPS) is 15.6. The van der Waals surface area contributed by atoms with Gasteiger partial charge in [0.2, 0.25) is 5.91 Å². The summed E-state index contributed by atoms with van der Waals surface area (Å²) in [5, 5.41) is 3.91. The molecule has 0 bridgehead atoms. The second-order valence-electron chi connectivity index (χ2n) is 6.24. The van der Waals surface area contributed by atoms with Crippen LogP contribution < -0.4 is 0 Å². The minimum atomic E-state index is 0.164. The molecule has 0 unspecified atom stereocenters. The largest absolute Gasteiger partial charge is 0.339 e. The summed E-state index contributed by atoms with van der Waals surface area (Å²) in [5.74, 6) is 0.561. The van der Waals surface area contributed by atoms with Crippen molar-refractivity contribution < 1.29 is 4.79 Å². The van der Waals surface area contributed by atoms with Gasteiger partial charge in [-0.1, -0.05) is 11.8 Å². The van der Waals surface area contributed by atoms with Gasteiger partial charge in [0.1, 0.15) is 0 Å². The van der Waals surface area contributed by atoms with Gasteiger partial charge in [0, 0.05) is 49.5 Å². The Kier molecular flexibility index (Phi) is 6.03. The molecular formula is C17H23N5OS2. The highest BCUT2D eigenvalue weighted by molar-refractivity contribution is 7.99. The molecule has 0 aromatic carbocycles. The highest BCUT2D eigenvalue weighted by Gasteiger charge is 2.21. The van der Waals surface area contributed by atoms with Gasteiger partial charge in [-0.2, -0.15) is 0 Å². The third-order valence-electron chi connectivity index (χ3n) is 4.06. The van der Waals surface area contributed by atoms with Gasteiger partial charge in [-0.25, -0.2) is 15.0 Å². The minimum Gasteiger partial charge on any atom is -0.339 e. The standard InChI is InChI=1S/C17H23N5OS2/c1-12-8-13(2)19-17(18-12)25-11-16(23)22-6-4-21(5-7-22)9-15-10-24-14(3)20-15/h8,10H,4-7,9,11H2,1-3H3. The fraction of sp³-hybridized carbons (Fsp3) is 0.529. The molecule has 0 saturated carbocycles. The van der Waals surface area contributed by atoms with Gasteiger partial charge in [0.25, 0.3) is 0 Å². The maximum absolute atomic E-state index is 12.4. The van der Waals surface area contributed by atoms with E-state index in [0.717, 1.165) is 54.8 Å². The first-order valence-electron chi connectivity index (χ1n) is 8.36. The van der Waals surface area contributed by atoms with Crippen LogP contribution in [0, 0.1) is 20.8 Å². The molecule has 0 atom stereocenters. The van der Waals surface area contributed by atoms with Crippen LogP contribution in [-0.2, 0) is 11.3 Å². The number of rotatable bonds is 5. The summed E-state index contributed by atoms with van der Waals surface area (Å²) in [6.45, 7) is 10.1. The zero-order valence-electron chi connectivity index (χ0n) is 14.9. The van der Waals surface area contributed by atoms with Gasteiger partial charge in [0.15, 0.2) is 5.16 Å². The van der Waals surface area contributed by atoms with E-state index in [0.29, 0.717) is 10.9 Å². The maximum atomic E-state index is 12.4. The predicted octanol–water partition coefficient (Wildman–Crippen LogP) is 2.29. The van der Waals surface area contributed by atoms with Gasteiger partial charge < -0.3 is 4.90 Å². The molecule has 0 radical (unpaired) electrons. The van der Waals surface area contributed by atoms with Gasteiger partial charge in [-0.05, 0) is 26.8 Å². The van der Waals surface area contributed by atoms with Crippen molar-refractivity contribution >= 4 is 29.0 Å². The number of thioether (sulfide) groups is 1. The number of carbonyl (C=O) groups excluding carboxylic acids is 1. The molecule has 2 aromatic heterocycles. The highest BCUT2D eigenvalue weighted by Crippen LogP contribution is 2.16. The van der Waals surface area contributed by atoms with Crippen molar-refractivity contribution in [1.29, 1.82) is 0 Å². The lowest BCUT2D eigenvalue weighted by Crippen LogP contribution is -2.48. The molecule has 2 aromatic rings. The Morgan fingerprint density at radius 1 is 1.12 bits per heavy atom.